The summed E-state index contributed by atoms with van der Waals surface area (Å²) in [5.74, 6) is 0.839. The van der Waals surface area contributed by atoms with E-state index in [4.69, 9.17) is 56.9 Å². The largest absolute Gasteiger partial charge is 0.454 e. The van der Waals surface area contributed by atoms with Crippen LogP contribution in [0, 0.1) is 0 Å². The zero-order valence-corrected chi connectivity index (χ0v) is 12.6. The van der Waals surface area contributed by atoms with E-state index in [1.54, 1.807) is 12.1 Å². The predicted molar refractivity (Wildman–Crippen MR) is 80.9 cm³/mol. The van der Waals surface area contributed by atoms with Gasteiger partial charge in [0, 0.05) is 18.2 Å². The lowest BCUT2D eigenvalue weighted by Crippen LogP contribution is -2.00. The lowest BCUT2D eigenvalue weighted by molar-refractivity contribution is 0.477. The zero-order chi connectivity index (χ0) is 14.0. The third-order valence-corrected chi connectivity index (χ3v) is 3.77. The summed E-state index contributed by atoms with van der Waals surface area (Å²) in [6.45, 7) is 0.300. The van der Waals surface area contributed by atoms with E-state index in [1.807, 2.05) is 6.07 Å². The van der Waals surface area contributed by atoms with Crippen molar-refractivity contribution in [2.75, 3.05) is 0 Å². The van der Waals surface area contributed by atoms with E-state index in [0.29, 0.717) is 38.1 Å². The molecule has 2 nitrogen and oxygen atoms in total. The molecule has 0 aliphatic heterocycles. The molecule has 0 heterocycles. The summed E-state index contributed by atoms with van der Waals surface area (Å²) in [5.41, 5.74) is 6.42. The minimum absolute atomic E-state index is 0.300. The van der Waals surface area contributed by atoms with Gasteiger partial charge in [0.05, 0.1) is 20.1 Å². The minimum Gasteiger partial charge on any atom is -0.454 e. The maximum absolute atomic E-state index is 6.10. The van der Waals surface area contributed by atoms with E-state index in [9.17, 15) is 0 Å². The van der Waals surface area contributed by atoms with Crippen LogP contribution >= 0.6 is 46.4 Å². The zero-order valence-electron chi connectivity index (χ0n) is 9.59. The monoisotopic (exact) mass is 335 g/mol. The highest BCUT2D eigenvalue weighted by Gasteiger charge is 2.12. The molecule has 2 aromatic carbocycles. The van der Waals surface area contributed by atoms with Crippen molar-refractivity contribution in [1.29, 1.82) is 0 Å². The van der Waals surface area contributed by atoms with Gasteiger partial charge in [-0.25, -0.2) is 0 Å². The Labute approximate surface area is 131 Å². The number of benzene rings is 2. The van der Waals surface area contributed by atoms with E-state index in [-0.39, 0.29) is 0 Å². The van der Waals surface area contributed by atoms with E-state index in [1.165, 1.54) is 12.1 Å². The third-order valence-electron chi connectivity index (χ3n) is 2.46. The first-order valence-electron chi connectivity index (χ1n) is 5.32. The Hall–Kier alpha value is -0.640. The van der Waals surface area contributed by atoms with Crippen molar-refractivity contribution in [2.24, 2.45) is 5.73 Å². The molecule has 0 aliphatic rings. The topological polar surface area (TPSA) is 35.2 Å². The fourth-order valence-electron chi connectivity index (χ4n) is 1.52. The van der Waals surface area contributed by atoms with E-state index >= 15 is 0 Å². The molecule has 0 aliphatic carbocycles. The first-order chi connectivity index (χ1) is 9.02. The van der Waals surface area contributed by atoms with Gasteiger partial charge in [-0.3, -0.25) is 0 Å². The minimum atomic E-state index is 0.300. The summed E-state index contributed by atoms with van der Waals surface area (Å²) >= 11 is 24.0. The van der Waals surface area contributed by atoms with E-state index in [0.717, 1.165) is 5.56 Å². The van der Waals surface area contributed by atoms with Crippen LogP contribution in [0.15, 0.2) is 30.3 Å². The normalized spacial score (nSPS) is 10.6. The Balaban J connectivity index is 2.44. The van der Waals surface area contributed by atoms with Gasteiger partial charge < -0.3 is 10.5 Å². The predicted octanol–water partition coefficient (Wildman–Crippen LogP) is 5.55. The van der Waals surface area contributed by atoms with Gasteiger partial charge in [-0.2, -0.15) is 0 Å². The Bertz CT molecular complexity index is 616. The van der Waals surface area contributed by atoms with Crippen molar-refractivity contribution in [3.8, 4) is 11.5 Å². The second-order valence-electron chi connectivity index (χ2n) is 3.73. The molecular weight excluding hydrogens is 328 g/mol. The van der Waals surface area contributed by atoms with Gasteiger partial charge in [-0.1, -0.05) is 58.5 Å². The SMILES string of the molecule is NCc1cccc(Cl)c1Oc1cc(Cl)c(Cl)cc1Cl. The molecule has 2 N–H and O–H groups in total. The molecule has 0 fully saturated rings. The number of halogens is 4. The summed E-state index contributed by atoms with van der Waals surface area (Å²) in [6, 6.07) is 8.39. The number of ether oxygens (including phenoxy) is 1. The number of hydrogen-bond donors (Lipinski definition) is 1. The maximum atomic E-state index is 6.10. The summed E-state index contributed by atoms with van der Waals surface area (Å²) in [7, 11) is 0. The van der Waals surface area contributed by atoms with Gasteiger partial charge in [0.1, 0.15) is 5.75 Å². The van der Waals surface area contributed by atoms with Crippen LogP contribution in [0.4, 0.5) is 0 Å². The summed E-state index contributed by atoms with van der Waals surface area (Å²) in [4.78, 5) is 0. The van der Waals surface area contributed by atoms with Crippen molar-refractivity contribution < 1.29 is 4.74 Å². The van der Waals surface area contributed by atoms with Crippen LogP contribution in [0.25, 0.3) is 0 Å². The van der Waals surface area contributed by atoms with Crippen molar-refractivity contribution in [3.05, 3.63) is 56.0 Å². The van der Waals surface area contributed by atoms with E-state index in [2.05, 4.69) is 0 Å². The fourth-order valence-corrected chi connectivity index (χ4v) is 2.33. The van der Waals surface area contributed by atoms with Crippen LogP contribution in [-0.2, 0) is 6.54 Å². The lowest BCUT2D eigenvalue weighted by atomic mass is 10.2. The van der Waals surface area contributed by atoms with Gasteiger partial charge in [0.25, 0.3) is 0 Å². The van der Waals surface area contributed by atoms with Gasteiger partial charge in [0.15, 0.2) is 5.75 Å². The Morgan fingerprint density at radius 3 is 2.26 bits per heavy atom. The molecule has 2 rings (SSSR count). The van der Waals surface area contributed by atoms with Crippen LogP contribution in [0.1, 0.15) is 5.56 Å². The molecule has 2 aromatic rings. The van der Waals surface area contributed by atoms with Crippen LogP contribution in [0.5, 0.6) is 11.5 Å². The molecule has 0 spiro atoms. The Morgan fingerprint density at radius 1 is 0.895 bits per heavy atom. The molecule has 0 bridgehead atoms. The van der Waals surface area contributed by atoms with Crippen LogP contribution < -0.4 is 10.5 Å². The lowest BCUT2D eigenvalue weighted by Gasteiger charge is -2.13. The molecule has 0 aromatic heterocycles. The molecule has 6 heteroatoms. The van der Waals surface area contributed by atoms with Crippen molar-refractivity contribution in [2.45, 2.75) is 6.54 Å². The highest BCUT2D eigenvalue weighted by molar-refractivity contribution is 6.43. The number of hydrogen-bond acceptors (Lipinski definition) is 2. The Morgan fingerprint density at radius 2 is 1.58 bits per heavy atom. The highest BCUT2D eigenvalue weighted by Crippen LogP contribution is 2.39. The van der Waals surface area contributed by atoms with Crippen LogP contribution in [-0.4, -0.2) is 0 Å². The summed E-state index contributed by atoms with van der Waals surface area (Å²) in [5, 5.41) is 1.50. The third kappa shape index (κ3) is 3.28. The van der Waals surface area contributed by atoms with Gasteiger partial charge in [-0.05, 0) is 12.1 Å². The molecule has 0 unspecified atom stereocenters. The Kier molecular flexibility index (Phi) is 4.82. The highest BCUT2D eigenvalue weighted by atomic mass is 35.5. The molecule has 0 saturated heterocycles. The van der Waals surface area contributed by atoms with Crippen molar-refractivity contribution in [3.63, 3.8) is 0 Å². The number of rotatable bonds is 3. The average Bonchev–Trinajstić information content (AvgIpc) is 2.38. The molecule has 0 amide bonds. The molecular formula is C13H9Cl4NO. The smallest absolute Gasteiger partial charge is 0.150 e. The van der Waals surface area contributed by atoms with Crippen LogP contribution in [0.2, 0.25) is 20.1 Å². The second-order valence-corrected chi connectivity index (χ2v) is 5.36. The first-order valence-corrected chi connectivity index (χ1v) is 6.84. The molecule has 19 heavy (non-hydrogen) atoms. The quantitative estimate of drug-likeness (QED) is 0.745. The molecule has 0 saturated carbocycles. The molecule has 0 atom stereocenters. The molecule has 100 valence electrons. The van der Waals surface area contributed by atoms with Gasteiger partial charge in [-0.15, -0.1) is 0 Å². The summed E-state index contributed by atoms with van der Waals surface area (Å²) < 4.78 is 5.71. The van der Waals surface area contributed by atoms with Crippen molar-refractivity contribution in [1.82, 2.24) is 0 Å². The fraction of sp³-hybridized carbons (Fsp3) is 0.0769. The number of para-hydroxylation sites is 1. The molecule has 0 radical (unpaired) electrons. The second kappa shape index (κ2) is 6.21. The van der Waals surface area contributed by atoms with Gasteiger partial charge in [0.2, 0.25) is 0 Å². The first kappa shape index (κ1) is 14.8. The van der Waals surface area contributed by atoms with E-state index < -0.39 is 0 Å². The van der Waals surface area contributed by atoms with Gasteiger partial charge >= 0.3 is 0 Å². The maximum Gasteiger partial charge on any atom is 0.150 e. The average molecular weight is 337 g/mol. The standard InChI is InChI=1S/C13H9Cl4NO/c14-8-3-1-2-7(6-18)13(8)19-12-5-10(16)9(15)4-11(12)17/h1-5H,6,18H2. The van der Waals surface area contributed by atoms with Crippen LogP contribution in [0.3, 0.4) is 0 Å². The number of nitrogens with two attached hydrogens (primary N) is 1. The summed E-state index contributed by atoms with van der Waals surface area (Å²) in [6.07, 6.45) is 0. The van der Waals surface area contributed by atoms with Crippen molar-refractivity contribution >= 4 is 46.4 Å².